The molecule has 0 N–H and O–H groups in total. The van der Waals surface area contributed by atoms with Crippen LogP contribution in [0.5, 0.6) is 0 Å². The van der Waals surface area contributed by atoms with Crippen LogP contribution in [-0.2, 0) is 11.2 Å². The topological polar surface area (TPSA) is 25.4 Å². The van der Waals surface area contributed by atoms with Crippen LogP contribution in [0, 0.1) is 20.8 Å². The second-order valence-electron chi connectivity index (χ2n) is 6.93. The molecule has 0 bridgehead atoms. The van der Waals surface area contributed by atoms with Gasteiger partial charge in [0.1, 0.15) is 0 Å². The van der Waals surface area contributed by atoms with Crippen LogP contribution in [-0.4, -0.2) is 36.1 Å². The molecule has 24 heavy (non-hydrogen) atoms. The third kappa shape index (κ3) is 4.22. The second-order valence-corrected chi connectivity index (χ2v) is 6.93. The number of hydrogen-bond donors (Lipinski definition) is 0. The molecule has 0 spiro atoms. The first-order valence-electron chi connectivity index (χ1n) is 8.94. The Morgan fingerprint density at radius 2 is 2.04 bits per heavy atom. The van der Waals surface area contributed by atoms with Crippen LogP contribution in [0.4, 0.5) is 0 Å². The smallest absolute Gasteiger partial charge is 0.0954 e. The van der Waals surface area contributed by atoms with Gasteiger partial charge in [0.25, 0.3) is 0 Å². The maximum atomic E-state index is 6.05. The minimum Gasteiger partial charge on any atom is -0.371 e. The normalized spacial score (nSPS) is 18.7. The summed E-state index contributed by atoms with van der Waals surface area (Å²) in [5.74, 6) is 0. The van der Waals surface area contributed by atoms with E-state index in [1.165, 1.54) is 34.2 Å². The number of rotatable bonds is 5. The molecule has 1 aliphatic rings. The Bertz CT molecular complexity index is 683. The van der Waals surface area contributed by atoms with Gasteiger partial charge in [-0.15, -0.1) is 0 Å². The van der Waals surface area contributed by atoms with Crippen molar-refractivity contribution in [2.24, 2.45) is 0 Å². The van der Waals surface area contributed by atoms with Crippen molar-refractivity contribution < 1.29 is 4.74 Å². The van der Waals surface area contributed by atoms with E-state index in [2.05, 4.69) is 54.9 Å². The van der Waals surface area contributed by atoms with E-state index in [4.69, 9.17) is 4.74 Å². The van der Waals surface area contributed by atoms with E-state index in [0.29, 0.717) is 0 Å². The van der Waals surface area contributed by atoms with Crippen LogP contribution in [0.25, 0.3) is 0 Å². The molecule has 0 aliphatic carbocycles. The zero-order chi connectivity index (χ0) is 16.9. The average Bonchev–Trinajstić information content (AvgIpc) is 2.57. The number of morpholine rings is 1. The van der Waals surface area contributed by atoms with Crippen molar-refractivity contribution in [3.63, 3.8) is 0 Å². The van der Waals surface area contributed by atoms with E-state index in [-0.39, 0.29) is 6.10 Å². The summed E-state index contributed by atoms with van der Waals surface area (Å²) in [6, 6.07) is 8.77. The molecule has 2 heterocycles. The number of benzene rings is 1. The minimum atomic E-state index is 0.208. The number of hydrogen-bond acceptors (Lipinski definition) is 3. The summed E-state index contributed by atoms with van der Waals surface area (Å²) in [7, 11) is 0. The summed E-state index contributed by atoms with van der Waals surface area (Å²) in [6.45, 7) is 10.5. The zero-order valence-corrected chi connectivity index (χ0v) is 15.1. The van der Waals surface area contributed by atoms with Crippen LogP contribution >= 0.6 is 0 Å². The van der Waals surface area contributed by atoms with Gasteiger partial charge in [-0.1, -0.05) is 23.8 Å². The highest BCUT2D eigenvalue weighted by Gasteiger charge is 2.22. The van der Waals surface area contributed by atoms with Crippen molar-refractivity contribution in [1.29, 1.82) is 0 Å². The molecule has 2 aromatic rings. The molecule has 1 unspecified atom stereocenters. The van der Waals surface area contributed by atoms with Gasteiger partial charge in [0.15, 0.2) is 0 Å². The summed E-state index contributed by atoms with van der Waals surface area (Å²) < 4.78 is 6.05. The fourth-order valence-electron chi connectivity index (χ4n) is 3.53. The van der Waals surface area contributed by atoms with Gasteiger partial charge in [0.2, 0.25) is 0 Å². The first-order valence-corrected chi connectivity index (χ1v) is 8.94. The maximum absolute atomic E-state index is 6.05. The average molecular weight is 324 g/mol. The van der Waals surface area contributed by atoms with E-state index in [1.54, 1.807) is 0 Å². The van der Waals surface area contributed by atoms with Gasteiger partial charge in [-0.2, -0.15) is 0 Å². The van der Waals surface area contributed by atoms with Crippen molar-refractivity contribution in [2.45, 2.75) is 39.7 Å². The summed E-state index contributed by atoms with van der Waals surface area (Å²) in [5, 5.41) is 0. The van der Waals surface area contributed by atoms with Gasteiger partial charge in [-0.25, -0.2) is 0 Å². The molecule has 0 saturated carbocycles. The standard InChI is InChI=1S/C21H28N2O/c1-16-6-7-20(18(3)13-16)21-15-23(11-12-24-21)10-4-5-19-14-22-9-8-17(19)2/h6-9,13-14,21H,4-5,10-12,15H2,1-3H3. The van der Waals surface area contributed by atoms with E-state index in [0.717, 1.165) is 32.7 Å². The lowest BCUT2D eigenvalue weighted by Crippen LogP contribution is -2.39. The van der Waals surface area contributed by atoms with Gasteiger partial charge >= 0.3 is 0 Å². The summed E-state index contributed by atoms with van der Waals surface area (Å²) in [6.07, 6.45) is 6.36. The predicted octanol–water partition coefficient (Wildman–Crippen LogP) is 4.01. The number of pyridine rings is 1. The lowest BCUT2D eigenvalue weighted by molar-refractivity contribution is -0.0304. The van der Waals surface area contributed by atoms with Crippen molar-refractivity contribution in [3.8, 4) is 0 Å². The highest BCUT2D eigenvalue weighted by atomic mass is 16.5. The van der Waals surface area contributed by atoms with Crippen molar-refractivity contribution in [1.82, 2.24) is 9.88 Å². The molecular formula is C21H28N2O. The van der Waals surface area contributed by atoms with E-state index in [9.17, 15) is 0 Å². The highest BCUT2D eigenvalue weighted by molar-refractivity contribution is 5.32. The third-order valence-corrected chi connectivity index (χ3v) is 4.99. The van der Waals surface area contributed by atoms with Crippen molar-refractivity contribution >= 4 is 0 Å². The largest absolute Gasteiger partial charge is 0.371 e. The van der Waals surface area contributed by atoms with Crippen molar-refractivity contribution in [2.75, 3.05) is 26.2 Å². The maximum Gasteiger partial charge on any atom is 0.0954 e. The van der Waals surface area contributed by atoms with E-state index in [1.807, 2.05) is 12.4 Å². The Morgan fingerprint density at radius 1 is 1.17 bits per heavy atom. The van der Waals surface area contributed by atoms with Gasteiger partial charge in [0.05, 0.1) is 12.7 Å². The summed E-state index contributed by atoms with van der Waals surface area (Å²) in [4.78, 5) is 6.79. The van der Waals surface area contributed by atoms with Crippen LogP contribution in [0.3, 0.4) is 0 Å². The SMILES string of the molecule is Cc1ccc(C2CN(CCCc3cnccc3C)CCO2)c(C)c1. The van der Waals surface area contributed by atoms with Gasteiger partial charge in [0, 0.05) is 25.5 Å². The Kier molecular flexibility index (Phi) is 5.64. The van der Waals surface area contributed by atoms with Gasteiger partial charge in [-0.05, 0) is 68.5 Å². The van der Waals surface area contributed by atoms with Crippen LogP contribution in [0.15, 0.2) is 36.7 Å². The molecule has 0 radical (unpaired) electrons. The second kappa shape index (κ2) is 7.91. The lowest BCUT2D eigenvalue weighted by atomic mass is 9.99. The van der Waals surface area contributed by atoms with Crippen LogP contribution in [0.1, 0.15) is 40.3 Å². The molecule has 3 rings (SSSR count). The first-order chi connectivity index (χ1) is 11.6. The monoisotopic (exact) mass is 324 g/mol. The van der Waals surface area contributed by atoms with Crippen LogP contribution < -0.4 is 0 Å². The highest BCUT2D eigenvalue weighted by Crippen LogP contribution is 2.26. The number of aromatic nitrogens is 1. The van der Waals surface area contributed by atoms with Crippen molar-refractivity contribution in [3.05, 3.63) is 64.5 Å². The molecule has 1 fully saturated rings. The Labute approximate surface area is 145 Å². The minimum absolute atomic E-state index is 0.208. The van der Waals surface area contributed by atoms with Crippen LogP contribution in [0.2, 0.25) is 0 Å². The third-order valence-electron chi connectivity index (χ3n) is 4.99. The Balaban J connectivity index is 1.55. The van der Waals surface area contributed by atoms with Gasteiger partial charge < -0.3 is 4.74 Å². The zero-order valence-electron chi connectivity index (χ0n) is 15.1. The Hall–Kier alpha value is -1.71. The predicted molar refractivity (Wildman–Crippen MR) is 98.3 cm³/mol. The fraction of sp³-hybridized carbons (Fsp3) is 0.476. The lowest BCUT2D eigenvalue weighted by Gasteiger charge is -2.34. The molecule has 1 saturated heterocycles. The Morgan fingerprint density at radius 3 is 2.83 bits per heavy atom. The molecule has 128 valence electrons. The summed E-state index contributed by atoms with van der Waals surface area (Å²) >= 11 is 0. The molecule has 1 aromatic carbocycles. The molecular weight excluding hydrogens is 296 g/mol. The van der Waals surface area contributed by atoms with E-state index >= 15 is 0 Å². The molecule has 1 atom stereocenters. The summed E-state index contributed by atoms with van der Waals surface area (Å²) in [5.41, 5.74) is 6.72. The quantitative estimate of drug-likeness (QED) is 0.831. The molecule has 3 heteroatoms. The molecule has 1 aliphatic heterocycles. The fourth-order valence-corrected chi connectivity index (χ4v) is 3.53. The molecule has 3 nitrogen and oxygen atoms in total. The molecule has 0 amide bonds. The number of aryl methyl sites for hydroxylation is 4. The first kappa shape index (κ1) is 17.1. The van der Waals surface area contributed by atoms with Gasteiger partial charge in [-0.3, -0.25) is 9.88 Å². The number of nitrogens with zero attached hydrogens (tertiary/aromatic N) is 2. The molecule has 1 aromatic heterocycles. The van der Waals surface area contributed by atoms with E-state index < -0.39 is 0 Å². The number of ether oxygens (including phenoxy) is 1.